The molecule has 2 saturated heterocycles. The number of nitrogens with zero attached hydrogens (tertiary/aromatic N) is 5. The van der Waals surface area contributed by atoms with Crippen molar-refractivity contribution in [3.63, 3.8) is 0 Å². The minimum atomic E-state index is -0.497. The van der Waals surface area contributed by atoms with Crippen LogP contribution in [-0.4, -0.2) is 65.5 Å². The van der Waals surface area contributed by atoms with Gasteiger partial charge >= 0.3 is 5.69 Å². The molecular weight excluding hydrogens is 318 g/mol. The molecule has 10 nitrogen and oxygen atoms in total. The smallest absolute Gasteiger partial charge is 0.315 e. The molecule has 0 amide bonds. The molecule has 0 unspecified atom stereocenters. The minimum Gasteiger partial charge on any atom is -0.421 e. The van der Waals surface area contributed by atoms with Crippen molar-refractivity contribution in [3.8, 4) is 0 Å². The number of aliphatic hydroxyl groups excluding tert-OH is 1. The molecule has 0 saturated carbocycles. The molecule has 0 aromatic carbocycles. The van der Waals surface area contributed by atoms with Gasteiger partial charge in [0.25, 0.3) is 6.01 Å². The number of oxazole rings is 1. The van der Waals surface area contributed by atoms with E-state index in [1.807, 2.05) is 4.90 Å². The number of ether oxygens (including phenoxy) is 1. The Kier molecular flexibility index (Phi) is 3.69. The zero-order valence-electron chi connectivity index (χ0n) is 12.9. The zero-order chi connectivity index (χ0) is 16.7. The number of hydrogen-bond donors (Lipinski definition) is 1. The second-order valence-corrected chi connectivity index (χ2v) is 5.89. The van der Waals surface area contributed by atoms with E-state index in [2.05, 4.69) is 9.97 Å². The van der Waals surface area contributed by atoms with E-state index in [0.29, 0.717) is 57.5 Å². The predicted molar refractivity (Wildman–Crippen MR) is 84.3 cm³/mol. The Bertz CT molecular complexity index is 772. The number of β-amino-alcohol motifs (C(OH)–C–C–N with tert-alkyl or cyclic N) is 1. The summed E-state index contributed by atoms with van der Waals surface area (Å²) >= 11 is 0. The largest absolute Gasteiger partial charge is 0.421 e. The maximum atomic E-state index is 11.4. The van der Waals surface area contributed by atoms with Crippen LogP contribution in [0.25, 0.3) is 11.2 Å². The predicted octanol–water partition coefficient (Wildman–Crippen LogP) is 0.539. The summed E-state index contributed by atoms with van der Waals surface area (Å²) in [5.41, 5.74) is 0.478. The molecule has 0 spiro atoms. The van der Waals surface area contributed by atoms with Crippen LogP contribution in [0.3, 0.4) is 0 Å². The molecule has 2 aliphatic heterocycles. The molecule has 0 radical (unpaired) electrons. The number of aliphatic hydroxyl groups is 1. The van der Waals surface area contributed by atoms with Crippen LogP contribution in [0, 0.1) is 10.1 Å². The summed E-state index contributed by atoms with van der Waals surface area (Å²) in [5.74, 6) is 0.228. The third-order valence-electron chi connectivity index (χ3n) is 4.27. The fourth-order valence-electron chi connectivity index (χ4n) is 3.02. The van der Waals surface area contributed by atoms with Crippen molar-refractivity contribution in [2.75, 3.05) is 49.2 Å². The van der Waals surface area contributed by atoms with Gasteiger partial charge in [-0.1, -0.05) is 0 Å². The highest BCUT2D eigenvalue weighted by atomic mass is 16.6. The first-order valence-corrected chi connectivity index (χ1v) is 7.83. The number of rotatable bonds is 3. The van der Waals surface area contributed by atoms with Crippen LogP contribution in [0.1, 0.15) is 6.42 Å². The molecule has 4 rings (SSSR count). The van der Waals surface area contributed by atoms with Crippen molar-refractivity contribution in [2.45, 2.75) is 12.5 Å². The van der Waals surface area contributed by atoms with Crippen molar-refractivity contribution in [1.29, 1.82) is 0 Å². The van der Waals surface area contributed by atoms with E-state index in [0.717, 1.165) is 0 Å². The number of anilines is 2. The molecular formula is C14H17N5O5. The first kappa shape index (κ1) is 15.1. The van der Waals surface area contributed by atoms with Gasteiger partial charge in [-0.25, -0.2) is 4.98 Å². The quantitative estimate of drug-likeness (QED) is 0.633. The number of aromatic nitrogens is 2. The summed E-state index contributed by atoms with van der Waals surface area (Å²) < 4.78 is 11.0. The molecule has 2 aromatic heterocycles. The molecule has 2 aliphatic rings. The molecule has 0 bridgehead atoms. The number of morpholine rings is 1. The monoisotopic (exact) mass is 335 g/mol. The first-order chi connectivity index (χ1) is 11.6. The van der Waals surface area contributed by atoms with Gasteiger partial charge < -0.3 is 24.1 Å². The number of fused-ring (bicyclic) bond motifs is 1. The first-order valence-electron chi connectivity index (χ1n) is 7.83. The van der Waals surface area contributed by atoms with Gasteiger partial charge in [0, 0.05) is 26.2 Å². The zero-order valence-corrected chi connectivity index (χ0v) is 12.9. The fourth-order valence-corrected chi connectivity index (χ4v) is 3.02. The van der Waals surface area contributed by atoms with Crippen LogP contribution in [-0.2, 0) is 4.74 Å². The average Bonchev–Trinajstić information content (AvgIpc) is 3.20. The molecule has 10 heteroatoms. The lowest BCUT2D eigenvalue weighted by atomic mass is 10.3. The minimum absolute atomic E-state index is 0.138. The maximum Gasteiger partial charge on any atom is 0.315 e. The van der Waals surface area contributed by atoms with Gasteiger partial charge in [0.05, 0.1) is 30.3 Å². The fraction of sp³-hybridized carbons (Fsp3) is 0.571. The molecule has 2 aromatic rings. The number of pyridine rings is 1. The van der Waals surface area contributed by atoms with Gasteiger partial charge in [-0.05, 0) is 6.42 Å². The van der Waals surface area contributed by atoms with Crippen LogP contribution >= 0.6 is 0 Å². The SMILES string of the molecule is O=[N+]([O-])c1cc2oc(N3CCOCC3)nc2nc1N1CC[C@H](O)C1. The number of hydrogen-bond acceptors (Lipinski definition) is 9. The Balaban J connectivity index is 1.74. The lowest BCUT2D eigenvalue weighted by Crippen LogP contribution is -2.36. The topological polar surface area (TPSA) is 118 Å². The highest BCUT2D eigenvalue weighted by Gasteiger charge is 2.30. The molecule has 0 aliphatic carbocycles. The van der Waals surface area contributed by atoms with E-state index < -0.39 is 11.0 Å². The highest BCUT2D eigenvalue weighted by molar-refractivity contribution is 5.79. The van der Waals surface area contributed by atoms with Crippen LogP contribution in [0.5, 0.6) is 0 Å². The Hall–Kier alpha value is -2.46. The molecule has 2 fully saturated rings. The van der Waals surface area contributed by atoms with E-state index in [1.165, 1.54) is 6.07 Å². The standard InChI is InChI=1S/C14H17N5O5/c20-9-1-2-18(8-9)13-10(19(21)22)7-11-12(15-13)16-14(24-11)17-3-5-23-6-4-17/h7,9,20H,1-6,8H2/t9-/m0/s1. The second-order valence-electron chi connectivity index (χ2n) is 5.89. The van der Waals surface area contributed by atoms with Crippen LogP contribution < -0.4 is 9.80 Å². The lowest BCUT2D eigenvalue weighted by Gasteiger charge is -2.24. The molecule has 24 heavy (non-hydrogen) atoms. The molecule has 4 heterocycles. The highest BCUT2D eigenvalue weighted by Crippen LogP contribution is 2.33. The third kappa shape index (κ3) is 2.63. The third-order valence-corrected chi connectivity index (χ3v) is 4.27. The summed E-state index contributed by atoms with van der Waals surface area (Å²) in [6.45, 7) is 3.33. The second kappa shape index (κ2) is 5.87. The normalized spacial score (nSPS) is 21.6. The van der Waals surface area contributed by atoms with Gasteiger partial charge in [-0.15, -0.1) is 0 Å². The van der Waals surface area contributed by atoms with Gasteiger partial charge in [-0.3, -0.25) is 10.1 Å². The van der Waals surface area contributed by atoms with Gasteiger partial charge in [0.2, 0.25) is 11.5 Å². The van der Waals surface area contributed by atoms with Gasteiger partial charge in [-0.2, -0.15) is 4.98 Å². The molecule has 128 valence electrons. The van der Waals surface area contributed by atoms with Crippen molar-refractivity contribution >= 4 is 28.8 Å². The van der Waals surface area contributed by atoms with E-state index >= 15 is 0 Å². The summed E-state index contributed by atoms with van der Waals surface area (Å²) in [5, 5.41) is 21.1. The van der Waals surface area contributed by atoms with Crippen LogP contribution in [0.4, 0.5) is 17.5 Å². The van der Waals surface area contributed by atoms with E-state index in [4.69, 9.17) is 9.15 Å². The van der Waals surface area contributed by atoms with Crippen molar-refractivity contribution in [1.82, 2.24) is 9.97 Å². The molecule has 1 atom stereocenters. The Labute approximate surface area is 136 Å². The van der Waals surface area contributed by atoms with E-state index in [9.17, 15) is 15.2 Å². The maximum absolute atomic E-state index is 11.4. The van der Waals surface area contributed by atoms with E-state index in [-0.39, 0.29) is 17.1 Å². The molecule has 1 N–H and O–H groups in total. The lowest BCUT2D eigenvalue weighted by molar-refractivity contribution is -0.384. The van der Waals surface area contributed by atoms with Crippen LogP contribution in [0.2, 0.25) is 0 Å². The van der Waals surface area contributed by atoms with Crippen molar-refractivity contribution in [2.24, 2.45) is 0 Å². The van der Waals surface area contributed by atoms with Gasteiger partial charge in [0.1, 0.15) is 0 Å². The van der Waals surface area contributed by atoms with E-state index in [1.54, 1.807) is 4.90 Å². The Morgan fingerprint density at radius 3 is 2.71 bits per heavy atom. The summed E-state index contributed by atoms with van der Waals surface area (Å²) in [6, 6.07) is 1.76. The summed E-state index contributed by atoms with van der Waals surface area (Å²) in [4.78, 5) is 23.3. The number of nitro groups is 1. The van der Waals surface area contributed by atoms with Crippen molar-refractivity contribution < 1.29 is 19.2 Å². The van der Waals surface area contributed by atoms with Crippen LogP contribution in [0.15, 0.2) is 10.5 Å². The average molecular weight is 335 g/mol. The summed E-state index contributed by atoms with van der Waals surface area (Å²) in [6.07, 6.45) is 0.0673. The Morgan fingerprint density at radius 1 is 1.25 bits per heavy atom. The Morgan fingerprint density at radius 2 is 2.04 bits per heavy atom. The van der Waals surface area contributed by atoms with Crippen molar-refractivity contribution in [3.05, 3.63) is 16.2 Å². The van der Waals surface area contributed by atoms with Gasteiger partial charge in [0.15, 0.2) is 5.58 Å². The summed E-state index contributed by atoms with van der Waals surface area (Å²) in [7, 11) is 0.